The van der Waals surface area contributed by atoms with E-state index in [9.17, 15) is 0 Å². The molecule has 3 fully saturated rings. The number of hydrogen-bond donors (Lipinski definition) is 1. The molecule has 0 bridgehead atoms. The Balaban J connectivity index is 1.52. The zero-order valence-electron chi connectivity index (χ0n) is 9.04. The van der Waals surface area contributed by atoms with Gasteiger partial charge in [0.1, 0.15) is 0 Å². The average molecular weight is 194 g/mol. The number of nitrogens with zero attached hydrogens (tertiary/aromatic N) is 1. The molecular formula is C12H22N2. The molecule has 0 amide bonds. The third-order valence-corrected chi connectivity index (χ3v) is 3.95. The van der Waals surface area contributed by atoms with Gasteiger partial charge in [-0.2, -0.15) is 0 Å². The van der Waals surface area contributed by atoms with Crippen LogP contribution in [0.15, 0.2) is 0 Å². The smallest absolute Gasteiger partial charge is 0.0271 e. The first-order chi connectivity index (χ1) is 6.93. The van der Waals surface area contributed by atoms with E-state index in [4.69, 9.17) is 0 Å². The minimum absolute atomic E-state index is 0.855. The Morgan fingerprint density at radius 2 is 1.43 bits per heavy atom. The fourth-order valence-electron chi connectivity index (χ4n) is 2.74. The Morgan fingerprint density at radius 3 is 1.93 bits per heavy atom. The summed E-state index contributed by atoms with van der Waals surface area (Å²) in [5.74, 6) is 2.06. The summed E-state index contributed by atoms with van der Waals surface area (Å²) in [7, 11) is 0. The van der Waals surface area contributed by atoms with E-state index in [1.807, 2.05) is 0 Å². The highest BCUT2D eigenvalue weighted by molar-refractivity contribution is 4.95. The maximum Gasteiger partial charge on any atom is 0.0271 e. The van der Waals surface area contributed by atoms with Crippen molar-refractivity contribution in [1.29, 1.82) is 0 Å². The van der Waals surface area contributed by atoms with Crippen LogP contribution in [0.25, 0.3) is 0 Å². The minimum atomic E-state index is 0.855. The number of rotatable bonds is 4. The van der Waals surface area contributed by atoms with Gasteiger partial charge in [0.2, 0.25) is 0 Å². The van der Waals surface area contributed by atoms with Crippen molar-refractivity contribution in [3.63, 3.8) is 0 Å². The fraction of sp³-hybridized carbons (Fsp3) is 1.00. The second-order valence-corrected chi connectivity index (χ2v) is 5.38. The molecule has 3 rings (SSSR count). The third kappa shape index (κ3) is 2.12. The van der Waals surface area contributed by atoms with Crippen molar-refractivity contribution < 1.29 is 0 Å². The van der Waals surface area contributed by atoms with E-state index in [1.165, 1.54) is 58.0 Å². The van der Waals surface area contributed by atoms with Crippen molar-refractivity contribution >= 4 is 0 Å². The average Bonchev–Trinajstić information content (AvgIpc) is 3.08. The van der Waals surface area contributed by atoms with Gasteiger partial charge >= 0.3 is 0 Å². The van der Waals surface area contributed by atoms with Gasteiger partial charge in [0.05, 0.1) is 0 Å². The van der Waals surface area contributed by atoms with E-state index in [0.29, 0.717) is 0 Å². The number of hydrogen-bond acceptors (Lipinski definition) is 2. The molecule has 80 valence electrons. The molecule has 2 heteroatoms. The quantitative estimate of drug-likeness (QED) is 0.738. The summed E-state index contributed by atoms with van der Waals surface area (Å²) in [6, 6.07) is 0.855. The molecular weight excluding hydrogens is 172 g/mol. The summed E-state index contributed by atoms with van der Waals surface area (Å²) in [5, 5.41) is 2.50. The molecule has 0 spiro atoms. The summed E-state index contributed by atoms with van der Waals surface area (Å²) < 4.78 is 0. The Bertz CT molecular complexity index is 178. The van der Waals surface area contributed by atoms with Crippen LogP contribution in [-0.4, -0.2) is 24.1 Å². The van der Waals surface area contributed by atoms with Crippen LogP contribution in [0.3, 0.4) is 0 Å². The van der Waals surface area contributed by atoms with Gasteiger partial charge in [-0.05, 0) is 50.4 Å². The Kier molecular flexibility index (Phi) is 2.50. The van der Waals surface area contributed by atoms with Gasteiger partial charge < -0.3 is 0 Å². The van der Waals surface area contributed by atoms with Crippen molar-refractivity contribution in [2.24, 2.45) is 11.8 Å². The van der Waals surface area contributed by atoms with E-state index in [1.54, 1.807) is 0 Å². The lowest BCUT2D eigenvalue weighted by atomic mass is 10.1. The zero-order chi connectivity index (χ0) is 9.38. The first kappa shape index (κ1) is 9.17. The van der Waals surface area contributed by atoms with Crippen molar-refractivity contribution in [3.05, 3.63) is 0 Å². The number of piperidine rings is 1. The lowest BCUT2D eigenvalue weighted by molar-refractivity contribution is 0.113. The molecule has 0 aromatic carbocycles. The highest BCUT2D eigenvalue weighted by Crippen LogP contribution is 2.44. The summed E-state index contributed by atoms with van der Waals surface area (Å²) in [5.41, 5.74) is 3.81. The summed E-state index contributed by atoms with van der Waals surface area (Å²) in [4.78, 5) is 0. The van der Waals surface area contributed by atoms with E-state index < -0.39 is 0 Å². The first-order valence-corrected chi connectivity index (χ1v) is 6.44. The van der Waals surface area contributed by atoms with Crippen LogP contribution >= 0.6 is 0 Å². The fourth-order valence-corrected chi connectivity index (χ4v) is 2.74. The standard InChI is InChI=1S/C12H22N2/c1-2-8-14(9-3-1)13-12(10-4-5-10)11-6-7-11/h10-13H,1-9H2. The molecule has 1 heterocycles. The van der Waals surface area contributed by atoms with Crippen molar-refractivity contribution in [2.45, 2.75) is 51.0 Å². The van der Waals surface area contributed by atoms with Crippen molar-refractivity contribution in [1.82, 2.24) is 10.4 Å². The largest absolute Gasteiger partial charge is 0.252 e. The molecule has 2 aliphatic carbocycles. The SMILES string of the molecule is C1CCN(NC(C2CC2)C2CC2)CC1. The molecule has 0 aromatic heterocycles. The molecule has 0 aromatic rings. The molecule has 2 saturated carbocycles. The van der Waals surface area contributed by atoms with E-state index in [2.05, 4.69) is 10.4 Å². The molecule has 0 radical (unpaired) electrons. The molecule has 1 saturated heterocycles. The molecule has 1 N–H and O–H groups in total. The van der Waals surface area contributed by atoms with Gasteiger partial charge in [-0.3, -0.25) is 5.43 Å². The van der Waals surface area contributed by atoms with E-state index >= 15 is 0 Å². The maximum atomic E-state index is 3.81. The maximum absolute atomic E-state index is 3.81. The Hall–Kier alpha value is -0.0800. The molecule has 2 nitrogen and oxygen atoms in total. The topological polar surface area (TPSA) is 15.3 Å². The highest BCUT2D eigenvalue weighted by Gasteiger charge is 2.42. The molecule has 0 atom stereocenters. The van der Waals surface area contributed by atoms with Crippen molar-refractivity contribution in [2.75, 3.05) is 13.1 Å². The molecule has 14 heavy (non-hydrogen) atoms. The number of hydrazine groups is 1. The van der Waals surface area contributed by atoms with Gasteiger partial charge in [-0.1, -0.05) is 6.42 Å². The summed E-state index contributed by atoms with van der Waals surface area (Å²) >= 11 is 0. The third-order valence-electron chi connectivity index (χ3n) is 3.95. The number of nitrogens with one attached hydrogen (secondary N) is 1. The lowest BCUT2D eigenvalue weighted by Gasteiger charge is -2.32. The predicted octanol–water partition coefficient (Wildman–Crippen LogP) is 2.17. The van der Waals surface area contributed by atoms with E-state index in [0.717, 1.165) is 17.9 Å². The van der Waals surface area contributed by atoms with Gasteiger partial charge in [0.25, 0.3) is 0 Å². The van der Waals surface area contributed by atoms with Crippen molar-refractivity contribution in [3.8, 4) is 0 Å². The van der Waals surface area contributed by atoms with Crippen LogP contribution in [0.4, 0.5) is 0 Å². The zero-order valence-corrected chi connectivity index (χ0v) is 9.04. The Labute approximate surface area is 87.0 Å². The highest BCUT2D eigenvalue weighted by atomic mass is 15.5. The van der Waals surface area contributed by atoms with E-state index in [-0.39, 0.29) is 0 Å². The van der Waals surface area contributed by atoms with Crippen LogP contribution < -0.4 is 5.43 Å². The van der Waals surface area contributed by atoms with Crippen LogP contribution in [0, 0.1) is 11.8 Å². The second kappa shape index (κ2) is 3.82. The lowest BCUT2D eigenvalue weighted by Crippen LogP contribution is -2.49. The second-order valence-electron chi connectivity index (χ2n) is 5.38. The van der Waals surface area contributed by atoms with Crippen LogP contribution in [0.1, 0.15) is 44.9 Å². The predicted molar refractivity (Wildman–Crippen MR) is 57.8 cm³/mol. The summed E-state index contributed by atoms with van der Waals surface area (Å²) in [6.07, 6.45) is 10.2. The summed E-state index contributed by atoms with van der Waals surface area (Å²) in [6.45, 7) is 2.58. The molecule has 0 unspecified atom stereocenters. The normalized spacial score (nSPS) is 29.8. The van der Waals surface area contributed by atoms with Gasteiger partial charge in [-0.25, -0.2) is 5.01 Å². The van der Waals surface area contributed by atoms with Gasteiger partial charge in [0.15, 0.2) is 0 Å². The van der Waals surface area contributed by atoms with Gasteiger partial charge in [0, 0.05) is 19.1 Å². The monoisotopic (exact) mass is 194 g/mol. The van der Waals surface area contributed by atoms with Gasteiger partial charge in [-0.15, -0.1) is 0 Å². The Morgan fingerprint density at radius 1 is 0.857 bits per heavy atom. The first-order valence-electron chi connectivity index (χ1n) is 6.44. The molecule has 1 aliphatic heterocycles. The van der Waals surface area contributed by atoms with Crippen LogP contribution in [0.5, 0.6) is 0 Å². The van der Waals surface area contributed by atoms with Crippen LogP contribution in [-0.2, 0) is 0 Å². The molecule has 3 aliphatic rings. The minimum Gasteiger partial charge on any atom is -0.252 e. The van der Waals surface area contributed by atoms with Crippen LogP contribution in [0.2, 0.25) is 0 Å².